The van der Waals surface area contributed by atoms with Crippen LogP contribution in [0.2, 0.25) is 10.0 Å². The van der Waals surface area contributed by atoms with Crippen molar-refractivity contribution in [2.75, 3.05) is 13.1 Å². The summed E-state index contributed by atoms with van der Waals surface area (Å²) in [5.41, 5.74) is 2.75. The van der Waals surface area contributed by atoms with Crippen LogP contribution in [-0.2, 0) is 17.9 Å². The maximum absolute atomic E-state index is 12.9. The largest absolute Gasteiger partial charge is 0.352 e. The molecular formula is C25H24Cl2N6O2. The number of halogens is 2. The quantitative estimate of drug-likeness (QED) is 0.385. The van der Waals surface area contributed by atoms with Crippen molar-refractivity contribution in [1.82, 2.24) is 29.9 Å². The summed E-state index contributed by atoms with van der Waals surface area (Å²) in [5, 5.41) is 8.16. The maximum atomic E-state index is 12.9. The van der Waals surface area contributed by atoms with E-state index in [0.717, 1.165) is 30.6 Å². The van der Waals surface area contributed by atoms with Gasteiger partial charge in [-0.2, -0.15) is 4.98 Å². The number of benzene rings is 2. The highest BCUT2D eigenvalue weighted by atomic mass is 35.5. The predicted molar refractivity (Wildman–Crippen MR) is 133 cm³/mol. The lowest BCUT2D eigenvalue weighted by Crippen LogP contribution is -2.42. The van der Waals surface area contributed by atoms with Crippen LogP contribution in [0.1, 0.15) is 24.3 Å². The molecule has 2 aromatic carbocycles. The second-order valence-electron chi connectivity index (χ2n) is 8.56. The molecule has 1 fully saturated rings. The van der Waals surface area contributed by atoms with Crippen LogP contribution in [0.25, 0.3) is 17.1 Å². The highest BCUT2D eigenvalue weighted by Crippen LogP contribution is 2.28. The third-order valence-electron chi connectivity index (χ3n) is 6.08. The van der Waals surface area contributed by atoms with Gasteiger partial charge in [-0.3, -0.25) is 9.69 Å². The van der Waals surface area contributed by atoms with E-state index < -0.39 is 0 Å². The molecule has 0 spiro atoms. The molecule has 5 rings (SSSR count). The fraction of sp³-hybridized carbons (Fsp3) is 0.280. The Kier molecular flexibility index (Phi) is 7.13. The lowest BCUT2D eigenvalue weighted by molar-refractivity contribution is -0.127. The summed E-state index contributed by atoms with van der Waals surface area (Å²) >= 11 is 12.2. The number of hydrogen-bond donors (Lipinski definition) is 1. The average Bonchev–Trinajstić information content (AvgIpc) is 3.56. The molecule has 1 N–H and O–H groups in total. The molecule has 8 nitrogen and oxygen atoms in total. The molecule has 4 aromatic rings. The molecule has 0 bridgehead atoms. The number of imidazole rings is 1. The molecule has 0 aliphatic carbocycles. The molecule has 35 heavy (non-hydrogen) atoms. The van der Waals surface area contributed by atoms with Crippen LogP contribution in [0, 0.1) is 5.92 Å². The second kappa shape index (κ2) is 10.6. The SMILES string of the molecule is O=C(NCc1ccc(-n2ccnc2)cc1)C1CCCN(Cc2nc(-c3ccc(Cl)cc3Cl)no2)C1. The van der Waals surface area contributed by atoms with E-state index in [9.17, 15) is 4.79 Å². The number of carbonyl (C=O) groups is 1. The van der Waals surface area contributed by atoms with Crippen LogP contribution in [0.15, 0.2) is 65.7 Å². The molecular weight excluding hydrogens is 487 g/mol. The summed E-state index contributed by atoms with van der Waals surface area (Å²) in [7, 11) is 0. The Morgan fingerprint density at radius 2 is 2.03 bits per heavy atom. The van der Waals surface area contributed by atoms with E-state index >= 15 is 0 Å². The van der Waals surface area contributed by atoms with Crippen molar-refractivity contribution in [3.63, 3.8) is 0 Å². The number of rotatable bonds is 7. The van der Waals surface area contributed by atoms with Crippen LogP contribution >= 0.6 is 23.2 Å². The van der Waals surface area contributed by atoms with Crippen molar-refractivity contribution in [1.29, 1.82) is 0 Å². The number of nitrogens with one attached hydrogen (secondary N) is 1. The number of amides is 1. The van der Waals surface area contributed by atoms with Crippen molar-refractivity contribution >= 4 is 29.1 Å². The van der Waals surface area contributed by atoms with Gasteiger partial charge in [-0.15, -0.1) is 0 Å². The molecule has 0 radical (unpaired) electrons. The Bertz CT molecular complexity index is 1290. The van der Waals surface area contributed by atoms with E-state index in [1.807, 2.05) is 35.0 Å². The first-order chi connectivity index (χ1) is 17.0. The Hall–Kier alpha value is -3.20. The number of nitrogens with zero attached hydrogens (tertiary/aromatic N) is 5. The Balaban J connectivity index is 1.14. The van der Waals surface area contributed by atoms with Crippen LogP contribution in [-0.4, -0.2) is 43.6 Å². The minimum atomic E-state index is -0.0814. The van der Waals surface area contributed by atoms with E-state index in [2.05, 4.69) is 25.3 Å². The molecule has 180 valence electrons. The van der Waals surface area contributed by atoms with E-state index in [1.54, 1.807) is 30.7 Å². The van der Waals surface area contributed by atoms with Crippen molar-refractivity contribution in [2.45, 2.75) is 25.9 Å². The number of likely N-dealkylation sites (tertiary alicyclic amines) is 1. The monoisotopic (exact) mass is 510 g/mol. The number of piperidine rings is 1. The number of carbonyl (C=O) groups excluding carboxylic acids is 1. The number of hydrogen-bond acceptors (Lipinski definition) is 6. The lowest BCUT2D eigenvalue weighted by Gasteiger charge is -2.30. The first-order valence-electron chi connectivity index (χ1n) is 11.4. The summed E-state index contributed by atoms with van der Waals surface area (Å²) in [6, 6.07) is 13.2. The zero-order valence-electron chi connectivity index (χ0n) is 18.9. The first kappa shape index (κ1) is 23.5. The minimum Gasteiger partial charge on any atom is -0.352 e. The molecule has 1 amide bonds. The Morgan fingerprint density at radius 1 is 1.17 bits per heavy atom. The summed E-state index contributed by atoms with van der Waals surface area (Å²) in [6.07, 6.45) is 7.19. The zero-order chi connectivity index (χ0) is 24.2. The third-order valence-corrected chi connectivity index (χ3v) is 6.63. The molecule has 3 heterocycles. The van der Waals surface area contributed by atoms with Crippen molar-refractivity contribution in [3.05, 3.63) is 82.7 Å². The van der Waals surface area contributed by atoms with E-state index in [-0.39, 0.29) is 11.8 Å². The van der Waals surface area contributed by atoms with Gasteiger partial charge < -0.3 is 14.4 Å². The number of aromatic nitrogens is 4. The summed E-state index contributed by atoms with van der Waals surface area (Å²) in [5.74, 6) is 0.895. The van der Waals surface area contributed by atoms with Crippen LogP contribution < -0.4 is 5.32 Å². The summed E-state index contributed by atoms with van der Waals surface area (Å²) < 4.78 is 7.38. The average molecular weight is 511 g/mol. The molecule has 1 aliphatic rings. The normalized spacial score (nSPS) is 16.3. The molecule has 1 atom stereocenters. The van der Waals surface area contributed by atoms with Gasteiger partial charge in [0.1, 0.15) is 0 Å². The molecule has 1 saturated heterocycles. The standard InChI is InChI=1S/C25H24Cl2N6O2/c26-19-5-8-21(22(27)12-19)24-30-23(35-31-24)15-32-10-1-2-18(14-32)25(34)29-13-17-3-6-20(7-4-17)33-11-9-28-16-33/h3-9,11-12,16,18H,1-2,10,13-15H2,(H,29,34). The predicted octanol–water partition coefficient (Wildman–Crippen LogP) is 4.76. The smallest absolute Gasteiger partial charge is 0.241 e. The zero-order valence-corrected chi connectivity index (χ0v) is 20.4. The minimum absolute atomic E-state index is 0.0625. The molecule has 1 aliphatic heterocycles. The van der Waals surface area contributed by atoms with Crippen molar-refractivity contribution in [2.24, 2.45) is 5.92 Å². The van der Waals surface area contributed by atoms with E-state index in [4.69, 9.17) is 27.7 Å². The van der Waals surface area contributed by atoms with Gasteiger partial charge in [0, 0.05) is 41.8 Å². The lowest BCUT2D eigenvalue weighted by atomic mass is 9.97. The van der Waals surface area contributed by atoms with Gasteiger partial charge in [-0.05, 0) is 55.3 Å². The molecule has 2 aromatic heterocycles. The van der Waals surface area contributed by atoms with Gasteiger partial charge in [0.2, 0.25) is 17.6 Å². The van der Waals surface area contributed by atoms with Gasteiger partial charge >= 0.3 is 0 Å². The second-order valence-corrected chi connectivity index (χ2v) is 9.41. The highest BCUT2D eigenvalue weighted by Gasteiger charge is 2.27. The van der Waals surface area contributed by atoms with Gasteiger partial charge in [-0.1, -0.05) is 40.5 Å². The molecule has 10 heteroatoms. The first-order valence-corrected chi connectivity index (χ1v) is 12.2. The van der Waals surface area contributed by atoms with Crippen LogP contribution in [0.3, 0.4) is 0 Å². The maximum Gasteiger partial charge on any atom is 0.241 e. The molecule has 1 unspecified atom stereocenters. The van der Waals surface area contributed by atoms with Gasteiger partial charge in [0.25, 0.3) is 0 Å². The topological polar surface area (TPSA) is 89.1 Å². The summed E-state index contributed by atoms with van der Waals surface area (Å²) in [6.45, 7) is 2.50. The third kappa shape index (κ3) is 5.73. The van der Waals surface area contributed by atoms with Crippen molar-refractivity contribution < 1.29 is 9.32 Å². The van der Waals surface area contributed by atoms with Crippen LogP contribution in [0.5, 0.6) is 0 Å². The van der Waals surface area contributed by atoms with Gasteiger partial charge in [0.05, 0.1) is 23.8 Å². The highest BCUT2D eigenvalue weighted by molar-refractivity contribution is 6.36. The van der Waals surface area contributed by atoms with E-state index in [1.165, 1.54) is 0 Å². The Labute approximate surface area is 212 Å². The van der Waals surface area contributed by atoms with Crippen LogP contribution in [0.4, 0.5) is 0 Å². The fourth-order valence-corrected chi connectivity index (χ4v) is 4.73. The molecule has 0 saturated carbocycles. The van der Waals surface area contributed by atoms with Crippen molar-refractivity contribution in [3.8, 4) is 17.1 Å². The summed E-state index contributed by atoms with van der Waals surface area (Å²) in [4.78, 5) is 23.6. The van der Waals surface area contributed by atoms with Gasteiger partial charge in [0.15, 0.2) is 0 Å². The van der Waals surface area contributed by atoms with Gasteiger partial charge in [-0.25, -0.2) is 4.98 Å². The fourth-order valence-electron chi connectivity index (χ4n) is 4.24. The Morgan fingerprint density at radius 3 is 2.80 bits per heavy atom. The van der Waals surface area contributed by atoms with E-state index in [0.29, 0.717) is 47.0 Å².